The summed E-state index contributed by atoms with van der Waals surface area (Å²) in [4.78, 5) is 12.8. The number of carboxylic acid groups (broad SMARTS) is 1. The first-order valence-corrected chi connectivity index (χ1v) is 7.80. The van der Waals surface area contributed by atoms with Gasteiger partial charge in [-0.15, -0.1) is 0 Å². The summed E-state index contributed by atoms with van der Waals surface area (Å²) < 4.78 is 5.58. The SMILES string of the molecule is O=C(O)CCOC1CCN(Cc2ccc(Cl)c(Cl)c2)CC1. The molecule has 0 aliphatic carbocycles. The summed E-state index contributed by atoms with van der Waals surface area (Å²) in [6.45, 7) is 3.03. The van der Waals surface area contributed by atoms with Crippen LogP contribution in [0.4, 0.5) is 0 Å². The van der Waals surface area contributed by atoms with Gasteiger partial charge in [0.05, 0.1) is 29.2 Å². The van der Waals surface area contributed by atoms with E-state index < -0.39 is 5.97 Å². The molecule has 1 aliphatic rings. The Morgan fingerprint density at radius 3 is 2.62 bits per heavy atom. The summed E-state index contributed by atoms with van der Waals surface area (Å²) in [6.07, 6.45) is 2.11. The number of likely N-dealkylation sites (tertiary alicyclic amines) is 1. The van der Waals surface area contributed by atoms with Crippen LogP contribution in [0.2, 0.25) is 10.0 Å². The number of rotatable bonds is 6. The van der Waals surface area contributed by atoms with Crippen molar-refractivity contribution >= 4 is 29.2 Å². The smallest absolute Gasteiger partial charge is 0.305 e. The quantitative estimate of drug-likeness (QED) is 0.867. The lowest BCUT2D eigenvalue weighted by atomic mass is 10.1. The predicted molar refractivity (Wildman–Crippen MR) is 83.0 cm³/mol. The van der Waals surface area contributed by atoms with Crippen molar-refractivity contribution in [2.45, 2.75) is 31.9 Å². The summed E-state index contributed by atoms with van der Waals surface area (Å²) in [7, 11) is 0. The number of piperidine rings is 1. The first kappa shape index (κ1) is 16.6. The molecule has 0 atom stereocenters. The molecule has 1 aromatic carbocycles. The normalized spacial score (nSPS) is 17.0. The van der Waals surface area contributed by atoms with E-state index in [-0.39, 0.29) is 12.5 Å². The highest BCUT2D eigenvalue weighted by Crippen LogP contribution is 2.24. The molecule has 0 spiro atoms. The number of aliphatic carboxylic acids is 1. The maximum atomic E-state index is 10.4. The lowest BCUT2D eigenvalue weighted by molar-refractivity contribution is -0.138. The Kier molecular flexibility index (Phi) is 6.30. The largest absolute Gasteiger partial charge is 0.481 e. The van der Waals surface area contributed by atoms with Crippen LogP contribution in [-0.2, 0) is 16.1 Å². The second kappa shape index (κ2) is 7.99. The van der Waals surface area contributed by atoms with Gasteiger partial charge in [-0.25, -0.2) is 0 Å². The molecule has 0 unspecified atom stereocenters. The summed E-state index contributed by atoms with van der Waals surface area (Å²) >= 11 is 11.9. The van der Waals surface area contributed by atoms with Gasteiger partial charge in [-0.3, -0.25) is 9.69 Å². The molecule has 116 valence electrons. The van der Waals surface area contributed by atoms with E-state index in [1.807, 2.05) is 18.2 Å². The molecule has 0 bridgehead atoms. The van der Waals surface area contributed by atoms with E-state index in [0.29, 0.717) is 16.7 Å². The van der Waals surface area contributed by atoms with E-state index in [1.54, 1.807) is 0 Å². The van der Waals surface area contributed by atoms with Crippen LogP contribution >= 0.6 is 23.2 Å². The molecule has 21 heavy (non-hydrogen) atoms. The van der Waals surface area contributed by atoms with E-state index in [2.05, 4.69) is 4.90 Å². The fraction of sp³-hybridized carbons (Fsp3) is 0.533. The molecular weight excluding hydrogens is 313 g/mol. The molecule has 1 saturated heterocycles. The number of carbonyl (C=O) groups is 1. The molecule has 0 aromatic heterocycles. The third-order valence-corrected chi connectivity index (χ3v) is 4.33. The Balaban J connectivity index is 1.73. The molecule has 1 N–H and O–H groups in total. The van der Waals surface area contributed by atoms with Gasteiger partial charge in [0.15, 0.2) is 0 Å². The zero-order chi connectivity index (χ0) is 15.2. The van der Waals surface area contributed by atoms with Crippen LogP contribution in [-0.4, -0.2) is 41.8 Å². The highest BCUT2D eigenvalue weighted by atomic mass is 35.5. The molecule has 1 aromatic rings. The van der Waals surface area contributed by atoms with E-state index >= 15 is 0 Å². The van der Waals surface area contributed by atoms with Crippen molar-refractivity contribution in [3.05, 3.63) is 33.8 Å². The first-order valence-electron chi connectivity index (χ1n) is 7.04. The second-order valence-corrected chi connectivity index (χ2v) is 6.05. The van der Waals surface area contributed by atoms with Crippen molar-refractivity contribution in [1.29, 1.82) is 0 Å². The lowest BCUT2D eigenvalue weighted by Crippen LogP contribution is -2.36. The Bertz CT molecular complexity index is 488. The molecular formula is C15H19Cl2NO3. The predicted octanol–water partition coefficient (Wildman–Crippen LogP) is 3.45. The Hall–Kier alpha value is -0.810. The minimum absolute atomic E-state index is 0.0729. The van der Waals surface area contributed by atoms with E-state index in [9.17, 15) is 4.79 Å². The molecule has 6 heteroatoms. The fourth-order valence-corrected chi connectivity index (χ4v) is 2.76. The Morgan fingerprint density at radius 2 is 2.00 bits per heavy atom. The zero-order valence-electron chi connectivity index (χ0n) is 11.7. The average Bonchev–Trinajstić information content (AvgIpc) is 2.44. The van der Waals surface area contributed by atoms with Crippen molar-refractivity contribution in [3.8, 4) is 0 Å². The number of halogens is 2. The maximum absolute atomic E-state index is 10.4. The first-order chi connectivity index (χ1) is 10.0. The molecule has 1 fully saturated rings. The molecule has 0 saturated carbocycles. The molecule has 1 heterocycles. The maximum Gasteiger partial charge on any atom is 0.305 e. The minimum atomic E-state index is -0.813. The van der Waals surface area contributed by atoms with Gasteiger partial charge >= 0.3 is 5.97 Å². The molecule has 2 rings (SSSR count). The number of nitrogens with zero attached hydrogens (tertiary/aromatic N) is 1. The van der Waals surface area contributed by atoms with Gasteiger partial charge in [-0.1, -0.05) is 29.3 Å². The van der Waals surface area contributed by atoms with Crippen LogP contribution in [0.25, 0.3) is 0 Å². The highest BCUT2D eigenvalue weighted by molar-refractivity contribution is 6.42. The standard InChI is InChI=1S/C15H19Cl2NO3/c16-13-2-1-11(9-14(13)17)10-18-6-3-12(4-7-18)21-8-5-15(19)20/h1-2,9,12H,3-8,10H2,(H,19,20). The van der Waals surface area contributed by atoms with Crippen LogP contribution in [0.3, 0.4) is 0 Å². The van der Waals surface area contributed by atoms with Gasteiger partial charge in [0, 0.05) is 19.6 Å². The van der Waals surface area contributed by atoms with Crippen molar-refractivity contribution in [2.75, 3.05) is 19.7 Å². The summed E-state index contributed by atoms with van der Waals surface area (Å²) in [5, 5.41) is 9.74. The molecule has 0 amide bonds. The third kappa shape index (κ3) is 5.47. The Labute approximate surface area is 134 Å². The molecule has 4 nitrogen and oxygen atoms in total. The van der Waals surface area contributed by atoms with Gasteiger partial charge < -0.3 is 9.84 Å². The summed E-state index contributed by atoms with van der Waals surface area (Å²) in [5.41, 5.74) is 1.15. The number of benzene rings is 1. The van der Waals surface area contributed by atoms with Gasteiger partial charge in [0.25, 0.3) is 0 Å². The highest BCUT2D eigenvalue weighted by Gasteiger charge is 2.20. The van der Waals surface area contributed by atoms with Crippen LogP contribution in [0, 0.1) is 0 Å². The Morgan fingerprint density at radius 1 is 1.29 bits per heavy atom. The molecule has 0 radical (unpaired) electrons. The van der Waals surface area contributed by atoms with E-state index in [1.165, 1.54) is 0 Å². The van der Waals surface area contributed by atoms with Crippen molar-refractivity contribution in [2.24, 2.45) is 0 Å². The number of hydrogen-bond donors (Lipinski definition) is 1. The van der Waals surface area contributed by atoms with Crippen molar-refractivity contribution in [3.63, 3.8) is 0 Å². The van der Waals surface area contributed by atoms with Gasteiger partial charge in [0.1, 0.15) is 0 Å². The second-order valence-electron chi connectivity index (χ2n) is 5.24. The van der Waals surface area contributed by atoms with Crippen molar-refractivity contribution < 1.29 is 14.6 Å². The number of hydrogen-bond acceptors (Lipinski definition) is 3. The van der Waals surface area contributed by atoms with E-state index in [0.717, 1.165) is 38.0 Å². The van der Waals surface area contributed by atoms with Gasteiger partial charge in [-0.05, 0) is 30.5 Å². The van der Waals surface area contributed by atoms with Crippen LogP contribution in [0.1, 0.15) is 24.8 Å². The van der Waals surface area contributed by atoms with Crippen molar-refractivity contribution in [1.82, 2.24) is 4.90 Å². The summed E-state index contributed by atoms with van der Waals surface area (Å²) in [5.74, 6) is -0.813. The van der Waals surface area contributed by atoms with Crippen LogP contribution in [0.15, 0.2) is 18.2 Å². The van der Waals surface area contributed by atoms with Crippen LogP contribution in [0.5, 0.6) is 0 Å². The molecule has 1 aliphatic heterocycles. The number of carboxylic acids is 1. The monoisotopic (exact) mass is 331 g/mol. The number of ether oxygens (including phenoxy) is 1. The topological polar surface area (TPSA) is 49.8 Å². The average molecular weight is 332 g/mol. The van der Waals surface area contributed by atoms with Gasteiger partial charge in [-0.2, -0.15) is 0 Å². The zero-order valence-corrected chi connectivity index (χ0v) is 13.2. The lowest BCUT2D eigenvalue weighted by Gasteiger charge is -2.31. The fourth-order valence-electron chi connectivity index (χ4n) is 2.44. The third-order valence-electron chi connectivity index (χ3n) is 3.59. The van der Waals surface area contributed by atoms with Crippen LogP contribution < -0.4 is 0 Å². The summed E-state index contributed by atoms with van der Waals surface area (Å²) in [6, 6.07) is 5.71. The van der Waals surface area contributed by atoms with E-state index in [4.69, 9.17) is 33.0 Å². The van der Waals surface area contributed by atoms with Gasteiger partial charge in [0.2, 0.25) is 0 Å². The minimum Gasteiger partial charge on any atom is -0.481 e.